The fourth-order valence-electron chi connectivity index (χ4n) is 2.05. The summed E-state index contributed by atoms with van der Waals surface area (Å²) in [4.78, 5) is 7.85. The molecule has 0 amide bonds. The molecule has 2 heterocycles. The quantitative estimate of drug-likeness (QED) is 0.862. The summed E-state index contributed by atoms with van der Waals surface area (Å²) in [5.74, 6) is 0. The van der Waals surface area contributed by atoms with Gasteiger partial charge in [-0.25, -0.2) is 4.98 Å². The maximum Gasteiger partial charge on any atom is 0.190 e. The maximum atomic E-state index is 5.61. The van der Waals surface area contributed by atoms with E-state index in [4.69, 9.17) is 5.73 Å². The van der Waals surface area contributed by atoms with Crippen molar-refractivity contribution >= 4 is 22.2 Å². The third-order valence-electron chi connectivity index (χ3n) is 2.86. The van der Waals surface area contributed by atoms with Gasteiger partial charge in [0.15, 0.2) is 5.13 Å². The highest BCUT2D eigenvalue weighted by Crippen LogP contribution is 2.36. The van der Waals surface area contributed by atoms with Crippen LogP contribution >= 0.6 is 11.3 Å². The Morgan fingerprint density at radius 1 is 1.38 bits per heavy atom. The van der Waals surface area contributed by atoms with E-state index in [0.717, 1.165) is 23.0 Å². The second-order valence-corrected chi connectivity index (χ2v) is 4.94. The Labute approximate surface area is 98.5 Å². The molecular weight excluding hydrogens is 218 g/mol. The number of anilines is 2. The van der Waals surface area contributed by atoms with Gasteiger partial charge in [0.25, 0.3) is 0 Å². The van der Waals surface area contributed by atoms with Crippen LogP contribution in [0.25, 0.3) is 0 Å². The van der Waals surface area contributed by atoms with Gasteiger partial charge in [-0.05, 0) is 18.1 Å². The molecular formula is C12H13N3S. The number of para-hydroxylation sites is 1. The van der Waals surface area contributed by atoms with E-state index in [0.29, 0.717) is 6.54 Å². The van der Waals surface area contributed by atoms with Crippen molar-refractivity contribution in [3.05, 3.63) is 40.9 Å². The van der Waals surface area contributed by atoms with E-state index in [2.05, 4.69) is 34.1 Å². The van der Waals surface area contributed by atoms with Gasteiger partial charge in [0.2, 0.25) is 0 Å². The molecule has 0 saturated carbocycles. The Morgan fingerprint density at radius 2 is 2.25 bits per heavy atom. The first-order chi connectivity index (χ1) is 7.88. The van der Waals surface area contributed by atoms with Crippen molar-refractivity contribution in [3.8, 4) is 0 Å². The van der Waals surface area contributed by atoms with Crippen LogP contribution in [-0.4, -0.2) is 11.5 Å². The molecule has 0 unspecified atom stereocenters. The van der Waals surface area contributed by atoms with Gasteiger partial charge in [-0.15, -0.1) is 11.3 Å². The molecule has 1 aromatic carbocycles. The highest BCUT2D eigenvalue weighted by molar-refractivity contribution is 7.15. The van der Waals surface area contributed by atoms with Gasteiger partial charge in [0.05, 0.1) is 0 Å². The molecule has 82 valence electrons. The number of nitrogens with zero attached hydrogens (tertiary/aromatic N) is 2. The predicted octanol–water partition coefficient (Wildman–Crippen LogP) is 2.30. The van der Waals surface area contributed by atoms with E-state index in [1.165, 1.54) is 11.3 Å². The number of hydrogen-bond acceptors (Lipinski definition) is 4. The van der Waals surface area contributed by atoms with E-state index in [1.54, 1.807) is 11.3 Å². The van der Waals surface area contributed by atoms with Crippen molar-refractivity contribution in [2.24, 2.45) is 5.73 Å². The summed E-state index contributed by atoms with van der Waals surface area (Å²) in [6.07, 6.45) is 2.98. The molecule has 0 spiro atoms. The molecule has 3 rings (SSSR count). The number of thiazole rings is 1. The van der Waals surface area contributed by atoms with E-state index < -0.39 is 0 Å². The molecule has 0 fully saturated rings. The fourth-order valence-corrected chi connectivity index (χ4v) is 2.88. The lowest BCUT2D eigenvalue weighted by molar-refractivity contribution is 0.989. The summed E-state index contributed by atoms with van der Waals surface area (Å²) in [6, 6.07) is 8.52. The van der Waals surface area contributed by atoms with Crippen LogP contribution in [0, 0.1) is 0 Å². The van der Waals surface area contributed by atoms with Crippen LogP contribution < -0.4 is 10.6 Å². The van der Waals surface area contributed by atoms with Crippen LogP contribution in [0.15, 0.2) is 30.5 Å². The topological polar surface area (TPSA) is 42.1 Å². The molecule has 0 aliphatic carbocycles. The van der Waals surface area contributed by atoms with Crippen LogP contribution in [0.3, 0.4) is 0 Å². The second-order valence-electron chi connectivity index (χ2n) is 3.84. The number of rotatable bonds is 2. The predicted molar refractivity (Wildman–Crippen MR) is 67.2 cm³/mol. The van der Waals surface area contributed by atoms with Crippen molar-refractivity contribution in [2.45, 2.75) is 13.0 Å². The molecule has 1 aliphatic heterocycles. The van der Waals surface area contributed by atoms with Gasteiger partial charge in [-0.1, -0.05) is 18.2 Å². The molecule has 0 bridgehead atoms. The highest BCUT2D eigenvalue weighted by Gasteiger charge is 2.21. The molecule has 1 aromatic heterocycles. The summed E-state index contributed by atoms with van der Waals surface area (Å²) < 4.78 is 0. The zero-order chi connectivity index (χ0) is 11.0. The third kappa shape index (κ3) is 1.50. The maximum absolute atomic E-state index is 5.61. The lowest BCUT2D eigenvalue weighted by atomic mass is 10.2. The Morgan fingerprint density at radius 3 is 3.06 bits per heavy atom. The normalized spacial score (nSPS) is 14.2. The monoisotopic (exact) mass is 231 g/mol. The SMILES string of the molecule is NCc1cnc(N2CCc3ccccc32)s1. The molecule has 2 N–H and O–H groups in total. The van der Waals surface area contributed by atoms with Crippen LogP contribution in [0.2, 0.25) is 0 Å². The molecule has 0 saturated heterocycles. The first-order valence-electron chi connectivity index (χ1n) is 5.38. The summed E-state index contributed by atoms with van der Waals surface area (Å²) in [5.41, 5.74) is 8.31. The van der Waals surface area contributed by atoms with Gasteiger partial charge in [-0.3, -0.25) is 0 Å². The van der Waals surface area contributed by atoms with Gasteiger partial charge in [0, 0.05) is 29.9 Å². The molecule has 0 atom stereocenters. The first-order valence-corrected chi connectivity index (χ1v) is 6.20. The van der Waals surface area contributed by atoms with Crippen molar-refractivity contribution in [1.82, 2.24) is 4.98 Å². The van der Waals surface area contributed by atoms with Crippen molar-refractivity contribution < 1.29 is 0 Å². The average Bonchev–Trinajstić information content (AvgIpc) is 2.94. The van der Waals surface area contributed by atoms with Crippen LogP contribution in [0.5, 0.6) is 0 Å². The second kappa shape index (κ2) is 3.88. The standard InChI is InChI=1S/C12H13N3S/c13-7-10-8-14-12(16-10)15-6-5-9-3-1-2-4-11(9)15/h1-4,8H,5-7,13H2. The number of nitrogens with two attached hydrogens (primary N) is 1. The summed E-state index contributed by atoms with van der Waals surface area (Å²) in [5, 5.41) is 1.06. The minimum Gasteiger partial charge on any atom is -0.326 e. The van der Waals surface area contributed by atoms with E-state index in [1.807, 2.05) is 6.20 Å². The zero-order valence-electron chi connectivity index (χ0n) is 8.89. The number of aromatic nitrogens is 1. The number of fused-ring (bicyclic) bond motifs is 1. The van der Waals surface area contributed by atoms with Crippen molar-refractivity contribution in [1.29, 1.82) is 0 Å². The fraction of sp³-hybridized carbons (Fsp3) is 0.250. The van der Waals surface area contributed by atoms with E-state index >= 15 is 0 Å². The molecule has 16 heavy (non-hydrogen) atoms. The van der Waals surface area contributed by atoms with Crippen molar-refractivity contribution in [2.75, 3.05) is 11.4 Å². The Kier molecular flexibility index (Phi) is 2.38. The van der Waals surface area contributed by atoms with Gasteiger partial charge in [-0.2, -0.15) is 0 Å². The largest absolute Gasteiger partial charge is 0.326 e. The van der Waals surface area contributed by atoms with E-state index in [9.17, 15) is 0 Å². The van der Waals surface area contributed by atoms with Gasteiger partial charge < -0.3 is 10.6 Å². The first kappa shape index (κ1) is 9.81. The minimum absolute atomic E-state index is 0.577. The van der Waals surface area contributed by atoms with Gasteiger partial charge in [0.1, 0.15) is 0 Å². The molecule has 0 radical (unpaired) electrons. The third-order valence-corrected chi connectivity index (χ3v) is 3.90. The smallest absolute Gasteiger partial charge is 0.190 e. The number of benzene rings is 1. The van der Waals surface area contributed by atoms with Crippen LogP contribution in [-0.2, 0) is 13.0 Å². The van der Waals surface area contributed by atoms with Crippen molar-refractivity contribution in [3.63, 3.8) is 0 Å². The molecule has 4 heteroatoms. The molecule has 2 aromatic rings. The lowest BCUT2D eigenvalue weighted by Crippen LogP contribution is -2.12. The molecule has 1 aliphatic rings. The Hall–Kier alpha value is -1.39. The van der Waals surface area contributed by atoms with Crippen LogP contribution in [0.4, 0.5) is 10.8 Å². The zero-order valence-corrected chi connectivity index (χ0v) is 9.70. The van der Waals surface area contributed by atoms with Gasteiger partial charge >= 0.3 is 0 Å². The van der Waals surface area contributed by atoms with Crippen LogP contribution in [0.1, 0.15) is 10.4 Å². The average molecular weight is 231 g/mol. The minimum atomic E-state index is 0.577. The summed E-state index contributed by atoms with van der Waals surface area (Å²) in [6.45, 7) is 1.60. The summed E-state index contributed by atoms with van der Waals surface area (Å²) in [7, 11) is 0. The molecule has 3 nitrogen and oxygen atoms in total. The number of hydrogen-bond donors (Lipinski definition) is 1. The summed E-state index contributed by atoms with van der Waals surface area (Å²) >= 11 is 1.68. The van der Waals surface area contributed by atoms with E-state index in [-0.39, 0.29) is 0 Å². The lowest BCUT2D eigenvalue weighted by Gasteiger charge is -2.15. The Bertz CT molecular complexity index is 506. The highest BCUT2D eigenvalue weighted by atomic mass is 32.1. The Balaban J connectivity index is 1.98.